The minimum atomic E-state index is -0.199. The fourth-order valence-corrected chi connectivity index (χ4v) is 34.9. The van der Waals surface area contributed by atoms with Gasteiger partial charge in [0.15, 0.2) is 40.9 Å². The number of ether oxygens (including phenoxy) is 6. The topological polar surface area (TPSA) is 72.5 Å². The van der Waals surface area contributed by atoms with E-state index < -0.39 is 0 Å². The lowest BCUT2D eigenvalue weighted by molar-refractivity contribution is 0.101. The van der Waals surface area contributed by atoms with E-state index in [1.54, 1.807) is 11.8 Å². The fraction of sp³-hybridized carbons (Fsp3) is 0.456. The molecule has 1 atom stereocenters. The van der Waals surface area contributed by atoms with Crippen molar-refractivity contribution in [1.82, 2.24) is 0 Å². The molecule has 13 aromatic rings. The number of carbonyl (C=O) groups excluding carboxylic acids is 1. The molecule has 10 aliphatic rings. The number of rotatable bonds is 23. The SMILES string of the molecule is CC(=O)c1ccc2c(OC3CCCCC3)ccc([S+]3CCCCC3)c2c1.CC(Oc1ccc2ccccc2c1[S+]1CCCC1)C1CC1.[CH3-].c1cc(OC2CCCCCC2)c2c([S+]3CCCC3)ccc(OC3CCCCCC3)c2c1.c1ccc2c([S+]3CCCC3)ccc(OCC3CCCCC3)c2c1.c1ccc2cc([S+](c3ccc(OCC4CCCCC4)cc3)c3ccc4ccccc4c3)ccc2c1. The van der Waals surface area contributed by atoms with Crippen LogP contribution in [0.15, 0.2) is 277 Å². The van der Waals surface area contributed by atoms with E-state index in [1.165, 1.54) is 390 Å². The summed E-state index contributed by atoms with van der Waals surface area (Å²) in [5.41, 5.74) is 0.814. The Hall–Kier alpha value is -8.36. The van der Waals surface area contributed by atoms with Crippen LogP contribution in [0.4, 0.5) is 0 Å². The summed E-state index contributed by atoms with van der Waals surface area (Å²) in [5.74, 6) is 19.6. The van der Waals surface area contributed by atoms with Gasteiger partial charge in [0.25, 0.3) is 0 Å². The average Bonchev–Trinajstić information content (AvgIpc) is 1.70. The van der Waals surface area contributed by atoms with Crippen LogP contribution >= 0.6 is 0 Å². The lowest BCUT2D eigenvalue weighted by Gasteiger charge is -2.24. The summed E-state index contributed by atoms with van der Waals surface area (Å²) in [6.07, 6.45) is 51.8. The van der Waals surface area contributed by atoms with Crippen LogP contribution < -0.4 is 28.4 Å². The van der Waals surface area contributed by atoms with Crippen molar-refractivity contribution in [2.45, 2.75) is 317 Å². The molecule has 4 aliphatic heterocycles. The van der Waals surface area contributed by atoms with Crippen molar-refractivity contribution >= 4 is 125 Å². The molecule has 10 fully saturated rings. The average molecular weight is 1930 g/mol. The molecular weight excluding hydrogens is 1770 g/mol. The first-order chi connectivity index (χ1) is 67.2. The van der Waals surface area contributed by atoms with Crippen LogP contribution in [0, 0.1) is 25.2 Å². The van der Waals surface area contributed by atoms with E-state index in [4.69, 9.17) is 28.4 Å². The molecule has 720 valence electrons. The van der Waals surface area contributed by atoms with Crippen LogP contribution in [0.5, 0.6) is 34.5 Å². The highest BCUT2D eigenvalue weighted by molar-refractivity contribution is 7.98. The van der Waals surface area contributed by atoms with Gasteiger partial charge >= 0.3 is 0 Å². The highest BCUT2D eigenvalue weighted by atomic mass is 32.2. The van der Waals surface area contributed by atoms with Gasteiger partial charge in [-0.2, -0.15) is 0 Å². The lowest BCUT2D eigenvalue weighted by atomic mass is 9.90. The van der Waals surface area contributed by atoms with Crippen molar-refractivity contribution in [3.63, 3.8) is 0 Å². The largest absolute Gasteiger partial charge is 0.493 e. The lowest BCUT2D eigenvalue weighted by Crippen LogP contribution is -2.20. The molecule has 0 aromatic heterocycles. The van der Waals surface area contributed by atoms with Gasteiger partial charge in [-0.3, -0.25) is 4.79 Å². The highest BCUT2D eigenvalue weighted by Crippen LogP contribution is 2.47. The van der Waals surface area contributed by atoms with Gasteiger partial charge in [-0.15, -0.1) is 0 Å². The zero-order valence-corrected chi connectivity index (χ0v) is 86.6. The fourth-order valence-electron chi connectivity index (χ4n) is 22.6. The van der Waals surface area contributed by atoms with Gasteiger partial charge in [0.1, 0.15) is 74.8 Å². The van der Waals surface area contributed by atoms with Crippen molar-refractivity contribution in [3.05, 3.63) is 256 Å². The van der Waals surface area contributed by atoms with Crippen LogP contribution in [0.3, 0.4) is 0 Å². The van der Waals surface area contributed by atoms with E-state index in [-0.39, 0.29) is 24.1 Å². The first-order valence-corrected chi connectivity index (χ1v) is 60.8. The van der Waals surface area contributed by atoms with Crippen molar-refractivity contribution in [1.29, 1.82) is 0 Å². The Bertz CT molecular complexity index is 5950. The Kier molecular flexibility index (Phi) is 36.0. The molecule has 6 saturated carbocycles. The standard InChI is InChI=1S/C33H31OS.C28H39O2S.C23H29O2S.C21H27OS.C19H23OS.CH3/c1-2-8-25(9-3-1)24-34-30-16-20-31(21-17-30)35(32-18-14-26-10-4-6-12-28(26)22-32)33-19-15-27-11-5-7-13-29(27)23-33;1-2-6-13-22(12-5-1)29-25-18-19-27(31-20-9-10-21-31)28-24(25)16-11-17-26(28)30-23-14-7-3-4-8-15-23;1-17(24)18-10-11-20-21(16-18)23(26-14-6-3-7-15-26)13-12-22(20)25-19-8-4-2-5-9-19;1-2-8-17(9-3-1)16-22-20-12-13-21(23-14-6-7-15-23)19-11-5-4-10-18(19)20;1-14(15-8-9-15)20-18-11-10-16-6-2-3-7-17(16)19(18)21-12-4-5-13-21;/h4-7,10-23,25H,1-3,8-9,24H2;11,16-19,22-23H,1-10,12-15,20-21H2;10-13,16,19H,2-9,14-15H2,1H3;4-5,10-13,17H,1-3,6-9,14-16H2;2-3,6-7,10-11,14-15H,4-5,8-9,12-13H2,1H3;1H3/q5*+1;-1. The quantitative estimate of drug-likeness (QED) is 0.0273. The van der Waals surface area contributed by atoms with Crippen molar-refractivity contribution in [2.75, 3.05) is 59.2 Å². The highest BCUT2D eigenvalue weighted by Gasteiger charge is 2.39. The van der Waals surface area contributed by atoms with Gasteiger partial charge < -0.3 is 35.8 Å². The van der Waals surface area contributed by atoms with Crippen LogP contribution in [0.1, 0.15) is 268 Å². The van der Waals surface area contributed by atoms with Gasteiger partial charge in [-0.25, -0.2) is 0 Å². The van der Waals surface area contributed by atoms with Crippen molar-refractivity contribution in [2.24, 2.45) is 17.8 Å². The molecule has 7 nitrogen and oxygen atoms in total. The summed E-state index contributed by atoms with van der Waals surface area (Å²) in [6, 6.07) is 88.7. The van der Waals surface area contributed by atoms with E-state index in [9.17, 15) is 4.79 Å². The number of hydrogen-bond acceptors (Lipinski definition) is 7. The Balaban J connectivity index is 0.000000115. The van der Waals surface area contributed by atoms with Gasteiger partial charge in [0.2, 0.25) is 4.90 Å². The van der Waals surface area contributed by atoms with E-state index in [0.717, 1.165) is 59.4 Å². The molecular formula is C125H152O7S5+4. The smallest absolute Gasteiger partial charge is 0.204 e. The Labute approximate surface area is 835 Å². The van der Waals surface area contributed by atoms with Gasteiger partial charge in [0.05, 0.1) is 53.9 Å². The Morgan fingerprint density at radius 2 is 0.701 bits per heavy atom. The molecule has 0 amide bonds. The molecule has 1 unspecified atom stereocenters. The first kappa shape index (κ1) is 98.8. The number of Topliss-reactive ketones (excluding diaryl/α,β-unsaturated/α-hetero) is 1. The van der Waals surface area contributed by atoms with Crippen LogP contribution in [0.25, 0.3) is 64.6 Å². The van der Waals surface area contributed by atoms with Gasteiger partial charge in [0, 0.05) is 93.6 Å². The minimum absolute atomic E-state index is 0. The molecule has 137 heavy (non-hydrogen) atoms. The zero-order valence-electron chi connectivity index (χ0n) is 82.5. The molecule has 0 spiro atoms. The molecule has 23 rings (SSSR count). The predicted molar refractivity (Wildman–Crippen MR) is 590 cm³/mol. The van der Waals surface area contributed by atoms with E-state index in [0.29, 0.717) is 73.9 Å². The third kappa shape index (κ3) is 26.0. The Morgan fingerprint density at radius 3 is 1.24 bits per heavy atom. The van der Waals surface area contributed by atoms with Gasteiger partial charge in [-0.05, 0) is 353 Å². The maximum atomic E-state index is 11.9. The Morgan fingerprint density at radius 1 is 0.307 bits per heavy atom. The van der Waals surface area contributed by atoms with E-state index in [2.05, 4.69) is 244 Å². The molecule has 0 N–H and O–H groups in total. The molecule has 0 bridgehead atoms. The summed E-state index contributed by atoms with van der Waals surface area (Å²) in [5, 5.41) is 15.8. The molecule has 4 heterocycles. The second-order valence-corrected chi connectivity index (χ2v) is 51.5. The number of benzene rings is 13. The monoisotopic (exact) mass is 1930 g/mol. The zero-order chi connectivity index (χ0) is 92.0. The molecule has 4 saturated heterocycles. The van der Waals surface area contributed by atoms with Gasteiger partial charge in [-0.1, -0.05) is 180 Å². The normalized spacial score (nSPS) is 19.1. The molecule has 12 heteroatoms. The first-order valence-electron chi connectivity index (χ1n) is 53.3. The number of ketones is 1. The molecule has 6 aliphatic carbocycles. The number of carbonyl (C=O) groups is 1. The number of hydrogen-bond donors (Lipinski definition) is 0. The second-order valence-electron chi connectivity index (χ2n) is 40.6. The van der Waals surface area contributed by atoms with E-state index >= 15 is 0 Å². The number of fused-ring (bicyclic) bond motifs is 6. The van der Waals surface area contributed by atoms with Crippen molar-refractivity contribution in [3.8, 4) is 34.5 Å². The maximum absolute atomic E-state index is 11.9. The van der Waals surface area contributed by atoms with Crippen molar-refractivity contribution < 1.29 is 33.2 Å². The summed E-state index contributed by atoms with van der Waals surface area (Å²) in [7, 11) is 1.33. The van der Waals surface area contributed by atoms with E-state index in [1.807, 2.05) is 6.07 Å². The third-order valence-corrected chi connectivity index (χ3v) is 42.9. The minimum Gasteiger partial charge on any atom is -0.493 e. The van der Waals surface area contributed by atoms with Crippen LogP contribution in [0.2, 0.25) is 0 Å². The summed E-state index contributed by atoms with van der Waals surface area (Å²) < 4.78 is 38.8. The third-order valence-electron chi connectivity index (χ3n) is 30.6. The maximum Gasteiger partial charge on any atom is 0.204 e. The van der Waals surface area contributed by atoms with Crippen LogP contribution in [-0.2, 0) is 54.5 Å². The second kappa shape index (κ2) is 49.9. The molecule has 13 aromatic carbocycles. The van der Waals surface area contributed by atoms with Crippen LogP contribution in [-0.4, -0.2) is 89.4 Å². The summed E-state index contributed by atoms with van der Waals surface area (Å²) in [4.78, 5) is 22.0. The molecule has 0 radical (unpaired) electrons. The summed E-state index contributed by atoms with van der Waals surface area (Å²) >= 11 is 0. The predicted octanol–water partition coefficient (Wildman–Crippen LogP) is 33.6. The summed E-state index contributed by atoms with van der Waals surface area (Å²) in [6.45, 7) is 5.65.